The molecule has 0 amide bonds. The molecule has 1 aromatic carbocycles. The maximum atomic E-state index is 13.0. The Morgan fingerprint density at radius 1 is 1.04 bits per heavy atom. The molecule has 2 aliphatic rings. The van der Waals surface area contributed by atoms with Gasteiger partial charge in [-0.3, -0.25) is 0 Å². The molecule has 0 radical (unpaired) electrons. The summed E-state index contributed by atoms with van der Waals surface area (Å²) in [4.78, 5) is 0.405. The molecule has 0 fully saturated rings. The molecule has 0 spiro atoms. The second-order valence-corrected chi connectivity index (χ2v) is 8.23. The summed E-state index contributed by atoms with van der Waals surface area (Å²) in [6.07, 6.45) is 4.37. The first kappa shape index (κ1) is 14.8. The van der Waals surface area contributed by atoms with Gasteiger partial charge in [0, 0.05) is 13.1 Å². The SMILES string of the molecule is Cc1nnc2n1CCN(S(=O)(=O)c1ccc3c(c1)CCCC3)C2. The molecule has 0 unspecified atom stereocenters. The zero-order valence-corrected chi connectivity index (χ0v) is 14.0. The van der Waals surface area contributed by atoms with Gasteiger partial charge in [-0.15, -0.1) is 10.2 Å². The van der Waals surface area contributed by atoms with Gasteiger partial charge in [-0.2, -0.15) is 4.31 Å². The second kappa shape index (κ2) is 5.42. The van der Waals surface area contributed by atoms with E-state index < -0.39 is 10.0 Å². The lowest BCUT2D eigenvalue weighted by Gasteiger charge is -2.27. The van der Waals surface area contributed by atoms with Crippen molar-refractivity contribution in [2.45, 2.75) is 50.6 Å². The van der Waals surface area contributed by atoms with Crippen LogP contribution < -0.4 is 0 Å². The number of fused-ring (bicyclic) bond motifs is 2. The Morgan fingerprint density at radius 3 is 2.65 bits per heavy atom. The molecule has 1 aliphatic carbocycles. The van der Waals surface area contributed by atoms with Crippen LogP contribution in [0.1, 0.15) is 35.6 Å². The molecule has 2 aromatic rings. The van der Waals surface area contributed by atoms with Gasteiger partial charge >= 0.3 is 0 Å². The fourth-order valence-corrected chi connectivity index (χ4v) is 4.94. The predicted octanol–water partition coefficient (Wildman–Crippen LogP) is 1.67. The maximum absolute atomic E-state index is 13.0. The molecule has 0 saturated heterocycles. The average Bonchev–Trinajstić information content (AvgIpc) is 2.95. The second-order valence-electron chi connectivity index (χ2n) is 6.29. The van der Waals surface area contributed by atoms with Crippen LogP contribution in [0, 0.1) is 6.92 Å². The zero-order chi connectivity index (χ0) is 16.0. The first-order chi connectivity index (χ1) is 11.1. The summed E-state index contributed by atoms with van der Waals surface area (Å²) in [6.45, 7) is 3.26. The Bertz CT molecular complexity index is 857. The normalized spacial score (nSPS) is 18.5. The van der Waals surface area contributed by atoms with E-state index in [1.807, 2.05) is 23.6 Å². The van der Waals surface area contributed by atoms with Crippen LogP contribution in [0.5, 0.6) is 0 Å². The minimum Gasteiger partial charge on any atom is -0.313 e. The van der Waals surface area contributed by atoms with E-state index in [0.29, 0.717) is 24.5 Å². The third-order valence-corrected chi connectivity index (χ3v) is 6.70. The molecule has 6 nitrogen and oxygen atoms in total. The summed E-state index contributed by atoms with van der Waals surface area (Å²) in [7, 11) is -3.48. The fraction of sp³-hybridized carbons (Fsp3) is 0.500. The highest BCUT2D eigenvalue weighted by atomic mass is 32.2. The molecule has 122 valence electrons. The molecule has 0 N–H and O–H groups in total. The first-order valence-electron chi connectivity index (χ1n) is 8.06. The number of rotatable bonds is 2. The van der Waals surface area contributed by atoms with Gasteiger partial charge in [0.1, 0.15) is 11.6 Å². The number of nitrogens with zero attached hydrogens (tertiary/aromatic N) is 4. The predicted molar refractivity (Wildman–Crippen MR) is 85.4 cm³/mol. The van der Waals surface area contributed by atoms with Gasteiger partial charge in [-0.25, -0.2) is 8.42 Å². The third kappa shape index (κ3) is 2.48. The molecule has 0 bridgehead atoms. The van der Waals surface area contributed by atoms with Crippen LogP contribution in [0.15, 0.2) is 23.1 Å². The molecular formula is C16H20N4O2S. The zero-order valence-electron chi connectivity index (χ0n) is 13.2. The highest BCUT2D eigenvalue weighted by Crippen LogP contribution is 2.27. The van der Waals surface area contributed by atoms with E-state index in [1.54, 1.807) is 6.07 Å². The summed E-state index contributed by atoms with van der Waals surface area (Å²) in [5.74, 6) is 1.56. The number of benzene rings is 1. The van der Waals surface area contributed by atoms with Crippen molar-refractivity contribution in [2.75, 3.05) is 6.54 Å². The smallest absolute Gasteiger partial charge is 0.243 e. The summed E-state index contributed by atoms with van der Waals surface area (Å²) in [6, 6.07) is 5.61. The fourth-order valence-electron chi connectivity index (χ4n) is 3.51. The quantitative estimate of drug-likeness (QED) is 0.839. The van der Waals surface area contributed by atoms with Gasteiger partial charge in [0.15, 0.2) is 0 Å². The van der Waals surface area contributed by atoms with E-state index in [2.05, 4.69) is 10.2 Å². The molecule has 0 atom stereocenters. The highest BCUT2D eigenvalue weighted by Gasteiger charge is 2.30. The van der Waals surface area contributed by atoms with Crippen molar-refractivity contribution in [1.82, 2.24) is 19.1 Å². The van der Waals surface area contributed by atoms with Crippen LogP contribution in [0.3, 0.4) is 0 Å². The van der Waals surface area contributed by atoms with Gasteiger partial charge < -0.3 is 4.57 Å². The van der Waals surface area contributed by atoms with E-state index >= 15 is 0 Å². The Labute approximate surface area is 136 Å². The molecule has 1 aromatic heterocycles. The van der Waals surface area contributed by atoms with Crippen molar-refractivity contribution in [3.05, 3.63) is 41.0 Å². The van der Waals surface area contributed by atoms with Gasteiger partial charge in [-0.05, 0) is 55.9 Å². The first-order valence-corrected chi connectivity index (χ1v) is 9.50. The minimum absolute atomic E-state index is 0.292. The number of hydrogen-bond donors (Lipinski definition) is 0. The number of hydrogen-bond acceptors (Lipinski definition) is 4. The maximum Gasteiger partial charge on any atom is 0.243 e. The minimum atomic E-state index is -3.48. The standard InChI is InChI=1S/C16H20N4O2S/c1-12-17-18-16-11-19(8-9-20(12)16)23(21,22)15-7-6-13-4-2-3-5-14(13)10-15/h6-7,10H,2-5,8-9,11H2,1H3. The number of aromatic nitrogens is 3. The molecule has 0 saturated carbocycles. The average molecular weight is 332 g/mol. The summed E-state index contributed by atoms with van der Waals surface area (Å²) in [5, 5.41) is 8.13. The summed E-state index contributed by atoms with van der Waals surface area (Å²) >= 11 is 0. The van der Waals surface area contributed by atoms with Gasteiger partial charge in [0.05, 0.1) is 11.4 Å². The lowest BCUT2D eigenvalue weighted by molar-refractivity contribution is 0.333. The van der Waals surface area contributed by atoms with Crippen molar-refractivity contribution in [1.29, 1.82) is 0 Å². The van der Waals surface area contributed by atoms with E-state index in [0.717, 1.165) is 30.9 Å². The van der Waals surface area contributed by atoms with Gasteiger partial charge in [0.25, 0.3) is 0 Å². The molecule has 2 heterocycles. The summed E-state index contributed by atoms with van der Waals surface area (Å²) in [5.41, 5.74) is 2.48. The Hall–Kier alpha value is -1.73. The topological polar surface area (TPSA) is 68.1 Å². The van der Waals surface area contributed by atoms with Gasteiger partial charge in [-0.1, -0.05) is 6.07 Å². The van der Waals surface area contributed by atoms with E-state index in [4.69, 9.17) is 0 Å². The van der Waals surface area contributed by atoms with E-state index in [-0.39, 0.29) is 0 Å². The lowest BCUT2D eigenvalue weighted by Crippen LogP contribution is -2.38. The Morgan fingerprint density at radius 2 is 1.83 bits per heavy atom. The number of sulfonamides is 1. The molecule has 7 heteroatoms. The van der Waals surface area contributed by atoms with Crippen LogP contribution >= 0.6 is 0 Å². The van der Waals surface area contributed by atoms with Crippen LogP contribution in [0.4, 0.5) is 0 Å². The van der Waals surface area contributed by atoms with Crippen LogP contribution in [-0.4, -0.2) is 34.0 Å². The lowest BCUT2D eigenvalue weighted by atomic mass is 9.92. The van der Waals surface area contributed by atoms with E-state index in [1.165, 1.54) is 21.9 Å². The largest absolute Gasteiger partial charge is 0.313 e. The van der Waals surface area contributed by atoms with Crippen LogP contribution in [0.2, 0.25) is 0 Å². The molecule has 4 rings (SSSR count). The van der Waals surface area contributed by atoms with Crippen molar-refractivity contribution in [2.24, 2.45) is 0 Å². The Balaban J connectivity index is 1.66. The summed E-state index contributed by atoms with van der Waals surface area (Å²) < 4.78 is 29.4. The van der Waals surface area contributed by atoms with Crippen molar-refractivity contribution in [3.8, 4) is 0 Å². The molecular weight excluding hydrogens is 312 g/mol. The highest BCUT2D eigenvalue weighted by molar-refractivity contribution is 7.89. The van der Waals surface area contributed by atoms with Crippen molar-refractivity contribution >= 4 is 10.0 Å². The van der Waals surface area contributed by atoms with Gasteiger partial charge in [0.2, 0.25) is 10.0 Å². The van der Waals surface area contributed by atoms with Crippen LogP contribution in [-0.2, 0) is 36.0 Å². The third-order valence-electron chi connectivity index (χ3n) is 4.86. The van der Waals surface area contributed by atoms with Crippen LogP contribution in [0.25, 0.3) is 0 Å². The molecule has 1 aliphatic heterocycles. The number of aryl methyl sites for hydroxylation is 3. The Kier molecular flexibility index (Phi) is 3.50. The van der Waals surface area contributed by atoms with Crippen molar-refractivity contribution in [3.63, 3.8) is 0 Å². The monoisotopic (exact) mass is 332 g/mol. The molecule has 23 heavy (non-hydrogen) atoms. The van der Waals surface area contributed by atoms with Crippen molar-refractivity contribution < 1.29 is 8.42 Å². The van der Waals surface area contributed by atoms with E-state index in [9.17, 15) is 8.42 Å².